The van der Waals surface area contributed by atoms with Crippen molar-refractivity contribution in [2.75, 3.05) is 0 Å². The van der Waals surface area contributed by atoms with E-state index in [1.807, 2.05) is 29.9 Å². The monoisotopic (exact) mass is 390 g/mol. The van der Waals surface area contributed by atoms with Crippen LogP contribution in [0.3, 0.4) is 0 Å². The van der Waals surface area contributed by atoms with Crippen molar-refractivity contribution in [1.29, 1.82) is 5.26 Å². The number of nitriles is 1. The number of halogens is 1. The first-order valence-corrected chi connectivity index (χ1v) is 9.50. The van der Waals surface area contributed by atoms with Crippen LogP contribution < -0.4 is 0 Å². The Morgan fingerprint density at radius 2 is 2.07 bits per heavy atom. The lowest BCUT2D eigenvalue weighted by molar-refractivity contribution is 0.563. The Hall–Kier alpha value is -3.10. The molecule has 6 heteroatoms. The summed E-state index contributed by atoms with van der Waals surface area (Å²) in [7, 11) is 1.96. The van der Waals surface area contributed by atoms with E-state index in [0.717, 1.165) is 46.3 Å². The van der Waals surface area contributed by atoms with E-state index in [-0.39, 0.29) is 0 Å². The highest BCUT2D eigenvalue weighted by Gasteiger charge is 2.13. The van der Waals surface area contributed by atoms with E-state index in [4.69, 9.17) is 26.3 Å². The van der Waals surface area contributed by atoms with Crippen molar-refractivity contribution in [3.63, 3.8) is 0 Å². The Morgan fingerprint density at radius 1 is 1.18 bits per heavy atom. The van der Waals surface area contributed by atoms with Crippen molar-refractivity contribution in [1.82, 2.24) is 14.5 Å². The number of benzene rings is 1. The molecule has 0 N–H and O–H groups in total. The summed E-state index contributed by atoms with van der Waals surface area (Å²) < 4.78 is 7.15. The minimum atomic E-state index is 0.441. The number of hydrogen-bond acceptors (Lipinski definition) is 4. The van der Waals surface area contributed by atoms with Gasteiger partial charge in [0.05, 0.1) is 48.0 Å². The fourth-order valence-electron chi connectivity index (χ4n) is 3.40. The van der Waals surface area contributed by atoms with Crippen LogP contribution in [0.25, 0.3) is 22.3 Å². The predicted octanol–water partition coefficient (Wildman–Crippen LogP) is 5.12. The number of imidazole rings is 1. The van der Waals surface area contributed by atoms with E-state index >= 15 is 0 Å². The van der Waals surface area contributed by atoms with Gasteiger partial charge in [0.25, 0.3) is 0 Å². The maximum Gasteiger partial charge on any atom is 0.0948 e. The third-order valence-electron chi connectivity index (χ3n) is 4.91. The van der Waals surface area contributed by atoms with Crippen LogP contribution in [0.15, 0.2) is 53.7 Å². The fourth-order valence-corrected chi connectivity index (χ4v) is 3.65. The number of fused-ring (bicyclic) bond motifs is 1. The van der Waals surface area contributed by atoms with Gasteiger partial charge in [0, 0.05) is 23.9 Å². The smallest absolute Gasteiger partial charge is 0.0948 e. The molecule has 3 aromatic heterocycles. The predicted molar refractivity (Wildman–Crippen MR) is 109 cm³/mol. The maximum atomic E-state index is 8.92. The van der Waals surface area contributed by atoms with E-state index in [9.17, 15) is 0 Å². The third kappa shape index (κ3) is 3.64. The summed E-state index contributed by atoms with van der Waals surface area (Å²) >= 11 is 6.48. The van der Waals surface area contributed by atoms with E-state index in [1.54, 1.807) is 18.9 Å². The lowest BCUT2D eigenvalue weighted by Gasteiger charge is -2.12. The quantitative estimate of drug-likeness (QED) is 0.458. The van der Waals surface area contributed by atoms with Crippen molar-refractivity contribution < 1.29 is 4.42 Å². The molecule has 0 atom stereocenters. The van der Waals surface area contributed by atoms with Gasteiger partial charge in [0.15, 0.2) is 0 Å². The molecule has 0 radical (unpaired) electrons. The average molecular weight is 391 g/mol. The Bertz CT molecular complexity index is 1160. The Kier molecular flexibility index (Phi) is 5.14. The van der Waals surface area contributed by atoms with Gasteiger partial charge in [0.1, 0.15) is 0 Å². The summed E-state index contributed by atoms with van der Waals surface area (Å²) in [6.45, 7) is 0. The molecule has 1 aromatic carbocycles. The summed E-state index contributed by atoms with van der Waals surface area (Å²) in [5, 5.41) is 10.6. The minimum absolute atomic E-state index is 0.441. The molecule has 28 heavy (non-hydrogen) atoms. The van der Waals surface area contributed by atoms with Crippen LogP contribution >= 0.6 is 11.6 Å². The van der Waals surface area contributed by atoms with Crippen molar-refractivity contribution >= 4 is 22.5 Å². The second-order valence-corrected chi connectivity index (χ2v) is 7.21. The summed E-state index contributed by atoms with van der Waals surface area (Å²) in [5.74, 6) is 0. The van der Waals surface area contributed by atoms with Crippen molar-refractivity contribution in [2.45, 2.75) is 25.7 Å². The molecule has 0 bridgehead atoms. The fraction of sp³-hybridized carbons (Fsp3) is 0.227. The summed E-state index contributed by atoms with van der Waals surface area (Å²) in [6, 6.07) is 10.3. The van der Waals surface area contributed by atoms with Crippen molar-refractivity contribution in [2.24, 2.45) is 7.05 Å². The van der Waals surface area contributed by atoms with Crippen LogP contribution in [0.4, 0.5) is 0 Å². The van der Waals surface area contributed by atoms with Crippen LogP contribution in [-0.4, -0.2) is 14.5 Å². The molecule has 5 nitrogen and oxygen atoms in total. The van der Waals surface area contributed by atoms with Gasteiger partial charge in [-0.1, -0.05) is 11.6 Å². The molecule has 0 amide bonds. The van der Waals surface area contributed by atoms with E-state index in [1.165, 1.54) is 5.56 Å². The number of furan rings is 1. The molecule has 4 rings (SSSR count). The first kappa shape index (κ1) is 18.3. The average Bonchev–Trinajstić information content (AvgIpc) is 3.36. The van der Waals surface area contributed by atoms with Gasteiger partial charge >= 0.3 is 0 Å². The molecular formula is C22H19ClN4O. The largest absolute Gasteiger partial charge is 0.472 e. The van der Waals surface area contributed by atoms with Crippen LogP contribution in [-0.2, 0) is 26.3 Å². The number of aryl methyl sites for hydroxylation is 4. The second-order valence-electron chi connectivity index (χ2n) is 6.81. The number of nitrogens with zero attached hydrogens (tertiary/aromatic N) is 4. The molecule has 4 aromatic rings. The Morgan fingerprint density at radius 3 is 2.79 bits per heavy atom. The van der Waals surface area contributed by atoms with Gasteiger partial charge in [-0.2, -0.15) is 5.26 Å². The highest BCUT2D eigenvalue weighted by molar-refractivity contribution is 6.32. The summed E-state index contributed by atoms with van der Waals surface area (Å²) in [6.07, 6.45) is 9.86. The molecule has 0 fully saturated rings. The highest BCUT2D eigenvalue weighted by atomic mass is 35.5. The zero-order chi connectivity index (χ0) is 19.5. The van der Waals surface area contributed by atoms with Crippen LogP contribution in [0.5, 0.6) is 0 Å². The lowest BCUT2D eigenvalue weighted by Crippen LogP contribution is -1.99. The molecule has 0 aliphatic rings. The molecule has 0 unspecified atom stereocenters. The number of pyridine rings is 1. The first-order chi connectivity index (χ1) is 13.7. The topological polar surface area (TPSA) is 67.6 Å². The van der Waals surface area contributed by atoms with Gasteiger partial charge < -0.3 is 8.98 Å². The Labute approximate surface area is 168 Å². The van der Waals surface area contributed by atoms with E-state index in [0.29, 0.717) is 17.9 Å². The second kappa shape index (κ2) is 7.87. The number of aromatic nitrogens is 3. The lowest BCUT2D eigenvalue weighted by atomic mass is 9.98. The molecule has 0 spiro atoms. The number of rotatable bonds is 6. The first-order valence-electron chi connectivity index (χ1n) is 9.12. The highest BCUT2D eigenvalue weighted by Crippen LogP contribution is 2.30. The maximum absolute atomic E-state index is 8.92. The molecular weight excluding hydrogens is 372 g/mol. The van der Waals surface area contributed by atoms with Gasteiger partial charge in [-0.25, -0.2) is 9.97 Å². The van der Waals surface area contributed by atoms with Crippen LogP contribution in [0.1, 0.15) is 23.1 Å². The third-order valence-corrected chi connectivity index (χ3v) is 5.26. The van der Waals surface area contributed by atoms with Crippen LogP contribution in [0.2, 0.25) is 5.02 Å². The molecule has 0 aliphatic heterocycles. The van der Waals surface area contributed by atoms with E-state index in [2.05, 4.69) is 23.2 Å². The van der Waals surface area contributed by atoms with Gasteiger partial charge in [0.2, 0.25) is 0 Å². The molecule has 0 saturated heterocycles. The normalized spacial score (nSPS) is 11.0. The van der Waals surface area contributed by atoms with E-state index < -0.39 is 0 Å². The molecule has 0 saturated carbocycles. The Balaban J connectivity index is 1.82. The molecule has 3 heterocycles. The molecule has 140 valence electrons. The van der Waals surface area contributed by atoms with Crippen LogP contribution in [0, 0.1) is 11.3 Å². The zero-order valence-corrected chi connectivity index (χ0v) is 16.3. The minimum Gasteiger partial charge on any atom is -0.472 e. The standard InChI is InChI=1S/C22H19ClN4O/c1-27-14-25-12-22(27)21-10-16(5-4-15-6-8-28-13-15)18-9-17(3-2-7-24)19(23)11-20(18)26-21/h6,8-14H,2-5H2,1H3. The van der Waals surface area contributed by atoms with Gasteiger partial charge in [-0.3, -0.25) is 0 Å². The van der Waals surface area contributed by atoms with Crippen molar-refractivity contribution in [3.05, 3.63) is 71.0 Å². The summed E-state index contributed by atoms with van der Waals surface area (Å²) in [4.78, 5) is 9.05. The van der Waals surface area contributed by atoms with Gasteiger partial charge in [-0.15, -0.1) is 0 Å². The molecule has 0 aliphatic carbocycles. The zero-order valence-electron chi connectivity index (χ0n) is 15.5. The number of hydrogen-bond donors (Lipinski definition) is 0. The SMILES string of the molecule is Cn1cncc1-c1cc(CCc2ccoc2)c2cc(CCC#N)c(Cl)cc2n1. The van der Waals surface area contributed by atoms with Crippen molar-refractivity contribution in [3.8, 4) is 17.5 Å². The summed E-state index contributed by atoms with van der Waals surface area (Å²) in [5.41, 5.74) is 6.01. The van der Waals surface area contributed by atoms with Gasteiger partial charge in [-0.05, 0) is 60.2 Å².